The first kappa shape index (κ1) is 8.85. The quantitative estimate of drug-likeness (QED) is 0.669. The van der Waals surface area contributed by atoms with Crippen molar-refractivity contribution in [2.45, 2.75) is 19.4 Å². The number of hydrogen-bond acceptors (Lipinski definition) is 2. The van der Waals surface area contributed by atoms with E-state index in [-0.39, 0.29) is 6.04 Å². The highest BCUT2D eigenvalue weighted by Gasteiger charge is 2.21. The van der Waals surface area contributed by atoms with Crippen molar-refractivity contribution in [2.75, 3.05) is 6.54 Å². The number of phenolic OH excluding ortho intramolecular Hbond substituents is 1. The highest BCUT2D eigenvalue weighted by atomic mass is 35.5. The lowest BCUT2D eigenvalue weighted by Crippen LogP contribution is -2.28. The Morgan fingerprint density at radius 3 is 3.00 bits per heavy atom. The van der Waals surface area contributed by atoms with Gasteiger partial charge in [0.15, 0.2) is 0 Å². The Morgan fingerprint density at radius 1 is 1.54 bits per heavy atom. The summed E-state index contributed by atoms with van der Waals surface area (Å²) in [5.41, 5.74) is 2.05. The topological polar surface area (TPSA) is 32.3 Å². The number of benzene rings is 1. The van der Waals surface area contributed by atoms with Crippen LogP contribution in [0.2, 0.25) is 5.02 Å². The minimum Gasteiger partial charge on any atom is -0.508 e. The average Bonchev–Trinajstić information content (AvgIpc) is 2.12. The Labute approximate surface area is 82.5 Å². The minimum atomic E-state index is 0.197. The van der Waals surface area contributed by atoms with Crippen LogP contribution in [0.5, 0.6) is 5.75 Å². The fourth-order valence-electron chi connectivity index (χ4n) is 1.88. The average molecular weight is 198 g/mol. The fraction of sp³-hybridized carbons (Fsp3) is 0.400. The third kappa shape index (κ3) is 1.40. The second kappa shape index (κ2) is 3.20. The van der Waals surface area contributed by atoms with Crippen LogP contribution in [0.15, 0.2) is 12.1 Å². The van der Waals surface area contributed by atoms with Crippen LogP contribution >= 0.6 is 11.6 Å². The summed E-state index contributed by atoms with van der Waals surface area (Å²) in [5, 5.41) is 13.7. The molecule has 70 valence electrons. The van der Waals surface area contributed by atoms with Crippen molar-refractivity contribution in [3.63, 3.8) is 0 Å². The summed E-state index contributed by atoms with van der Waals surface area (Å²) in [5.74, 6) is 0.346. The summed E-state index contributed by atoms with van der Waals surface area (Å²) in [4.78, 5) is 0. The predicted octanol–water partition coefficient (Wildman–Crippen LogP) is 2.25. The van der Waals surface area contributed by atoms with Crippen LogP contribution in [-0.4, -0.2) is 11.7 Å². The lowest BCUT2D eigenvalue weighted by molar-refractivity contribution is 0.442. The summed E-state index contributed by atoms with van der Waals surface area (Å²) in [6.45, 7) is 2.96. The molecule has 0 amide bonds. The van der Waals surface area contributed by atoms with Gasteiger partial charge in [0.05, 0.1) is 0 Å². The first-order valence-corrected chi connectivity index (χ1v) is 4.81. The second-order valence-corrected chi connectivity index (χ2v) is 3.79. The Hall–Kier alpha value is -0.730. The molecule has 2 N–H and O–H groups in total. The zero-order valence-corrected chi connectivity index (χ0v) is 8.23. The molecule has 0 bridgehead atoms. The summed E-state index contributed by atoms with van der Waals surface area (Å²) in [7, 11) is 0. The van der Waals surface area contributed by atoms with Crippen LogP contribution in [-0.2, 0) is 6.42 Å². The molecule has 1 unspecified atom stereocenters. The van der Waals surface area contributed by atoms with Gasteiger partial charge in [0.2, 0.25) is 0 Å². The first-order valence-electron chi connectivity index (χ1n) is 4.44. The molecule has 2 nitrogen and oxygen atoms in total. The molecule has 0 fully saturated rings. The van der Waals surface area contributed by atoms with Crippen molar-refractivity contribution in [3.05, 3.63) is 28.3 Å². The van der Waals surface area contributed by atoms with E-state index in [1.807, 2.05) is 6.92 Å². The summed E-state index contributed by atoms with van der Waals surface area (Å²) >= 11 is 6.04. The normalized spacial score (nSPS) is 21.2. The van der Waals surface area contributed by atoms with E-state index in [0.717, 1.165) is 29.1 Å². The van der Waals surface area contributed by atoms with Gasteiger partial charge in [-0.05, 0) is 37.6 Å². The van der Waals surface area contributed by atoms with Crippen molar-refractivity contribution in [2.24, 2.45) is 0 Å². The number of aromatic hydroxyl groups is 1. The van der Waals surface area contributed by atoms with Crippen LogP contribution in [0.3, 0.4) is 0 Å². The maximum absolute atomic E-state index is 9.65. The highest BCUT2D eigenvalue weighted by molar-refractivity contribution is 6.31. The lowest BCUT2D eigenvalue weighted by atomic mass is 9.94. The predicted molar refractivity (Wildman–Crippen MR) is 53.2 cm³/mol. The van der Waals surface area contributed by atoms with Gasteiger partial charge in [0.1, 0.15) is 5.75 Å². The van der Waals surface area contributed by atoms with Crippen molar-refractivity contribution >= 4 is 11.6 Å². The van der Waals surface area contributed by atoms with Gasteiger partial charge in [-0.25, -0.2) is 0 Å². The molecule has 1 heterocycles. The highest BCUT2D eigenvalue weighted by Crippen LogP contribution is 2.34. The maximum Gasteiger partial charge on any atom is 0.120 e. The fourth-order valence-corrected chi connectivity index (χ4v) is 2.14. The molecular weight excluding hydrogens is 186 g/mol. The first-order chi connectivity index (χ1) is 6.20. The molecular formula is C10H12ClNO. The molecule has 0 aromatic heterocycles. The minimum absolute atomic E-state index is 0.197. The Balaban J connectivity index is 2.60. The van der Waals surface area contributed by atoms with E-state index in [1.54, 1.807) is 12.1 Å². The van der Waals surface area contributed by atoms with Crippen LogP contribution in [0.25, 0.3) is 0 Å². The van der Waals surface area contributed by atoms with Crippen LogP contribution < -0.4 is 5.32 Å². The van der Waals surface area contributed by atoms with Gasteiger partial charge in [-0.1, -0.05) is 11.6 Å². The third-order valence-electron chi connectivity index (χ3n) is 2.54. The number of halogens is 1. The number of fused-ring (bicyclic) bond motifs is 1. The molecule has 13 heavy (non-hydrogen) atoms. The molecule has 3 heteroatoms. The van der Waals surface area contributed by atoms with Gasteiger partial charge >= 0.3 is 0 Å². The Bertz CT molecular complexity index is 338. The molecule has 0 aliphatic carbocycles. The largest absolute Gasteiger partial charge is 0.508 e. The van der Waals surface area contributed by atoms with Gasteiger partial charge in [-0.3, -0.25) is 0 Å². The summed E-state index contributed by atoms with van der Waals surface area (Å²) in [6, 6.07) is 3.61. The van der Waals surface area contributed by atoms with Gasteiger partial charge < -0.3 is 10.4 Å². The SMILES string of the molecule is CC1NCCc2c(Cl)ccc(O)c21. The van der Waals surface area contributed by atoms with Gasteiger partial charge in [-0.15, -0.1) is 0 Å². The van der Waals surface area contributed by atoms with Crippen molar-refractivity contribution in [1.29, 1.82) is 0 Å². The molecule has 1 aromatic rings. The maximum atomic E-state index is 9.65. The monoisotopic (exact) mass is 197 g/mol. The molecule has 0 saturated carbocycles. The zero-order valence-electron chi connectivity index (χ0n) is 7.47. The number of hydrogen-bond donors (Lipinski definition) is 2. The Kier molecular flexibility index (Phi) is 2.18. The van der Waals surface area contributed by atoms with Crippen LogP contribution in [0.1, 0.15) is 24.1 Å². The molecule has 0 saturated heterocycles. The van der Waals surface area contributed by atoms with Gasteiger partial charge in [0, 0.05) is 16.6 Å². The molecule has 0 spiro atoms. The van der Waals surface area contributed by atoms with E-state index in [4.69, 9.17) is 11.6 Å². The third-order valence-corrected chi connectivity index (χ3v) is 2.89. The van der Waals surface area contributed by atoms with E-state index in [0.29, 0.717) is 5.75 Å². The summed E-state index contributed by atoms with van der Waals surface area (Å²) in [6.07, 6.45) is 0.896. The van der Waals surface area contributed by atoms with Gasteiger partial charge in [0.25, 0.3) is 0 Å². The second-order valence-electron chi connectivity index (χ2n) is 3.38. The molecule has 1 aromatic carbocycles. The number of nitrogens with one attached hydrogen (secondary N) is 1. The Morgan fingerprint density at radius 2 is 2.31 bits per heavy atom. The van der Waals surface area contributed by atoms with E-state index >= 15 is 0 Å². The summed E-state index contributed by atoms with van der Waals surface area (Å²) < 4.78 is 0. The van der Waals surface area contributed by atoms with Crippen molar-refractivity contribution in [1.82, 2.24) is 5.32 Å². The van der Waals surface area contributed by atoms with E-state index < -0.39 is 0 Å². The van der Waals surface area contributed by atoms with Gasteiger partial charge in [-0.2, -0.15) is 0 Å². The molecule has 1 atom stereocenters. The molecule has 1 aliphatic heterocycles. The standard InChI is InChI=1S/C10H12ClNO/c1-6-10-7(4-5-12-6)8(11)2-3-9(10)13/h2-3,6,12-13H,4-5H2,1H3. The van der Waals surface area contributed by atoms with Crippen molar-refractivity contribution < 1.29 is 5.11 Å². The lowest BCUT2D eigenvalue weighted by Gasteiger charge is -2.25. The number of rotatable bonds is 0. The number of phenols is 1. The smallest absolute Gasteiger partial charge is 0.120 e. The van der Waals surface area contributed by atoms with Crippen LogP contribution in [0, 0.1) is 0 Å². The zero-order chi connectivity index (χ0) is 9.42. The van der Waals surface area contributed by atoms with Crippen LogP contribution in [0.4, 0.5) is 0 Å². The van der Waals surface area contributed by atoms with E-state index in [9.17, 15) is 5.11 Å². The van der Waals surface area contributed by atoms with E-state index in [2.05, 4.69) is 5.32 Å². The molecule has 2 rings (SSSR count). The molecule has 0 radical (unpaired) electrons. The van der Waals surface area contributed by atoms with Crippen molar-refractivity contribution in [3.8, 4) is 5.75 Å². The van der Waals surface area contributed by atoms with E-state index in [1.165, 1.54) is 0 Å². The molecule has 1 aliphatic rings.